The summed E-state index contributed by atoms with van der Waals surface area (Å²) in [5.41, 5.74) is 0.853. The first kappa shape index (κ1) is 17.8. The fraction of sp³-hybridized carbons (Fsp3) is 0.222. The Hall–Kier alpha value is -2.53. The summed E-state index contributed by atoms with van der Waals surface area (Å²) in [6, 6.07) is 13.6. The molecule has 0 aliphatic heterocycles. The molecular formula is C18H19ClN2O3. The van der Waals surface area contributed by atoms with Gasteiger partial charge in [-0.05, 0) is 50.2 Å². The molecule has 2 aromatic rings. The zero-order valence-corrected chi connectivity index (χ0v) is 14.3. The number of nitrogens with one attached hydrogen (secondary N) is 2. The third-order valence-electron chi connectivity index (χ3n) is 3.26. The van der Waals surface area contributed by atoms with Crippen LogP contribution >= 0.6 is 11.6 Å². The van der Waals surface area contributed by atoms with Crippen LogP contribution in [0.4, 0.5) is 5.69 Å². The number of para-hydroxylation sites is 1. The minimum absolute atomic E-state index is 0.236. The van der Waals surface area contributed by atoms with Crippen LogP contribution in [0.3, 0.4) is 0 Å². The van der Waals surface area contributed by atoms with Crippen molar-refractivity contribution in [2.45, 2.75) is 20.0 Å². The molecule has 2 aromatic carbocycles. The van der Waals surface area contributed by atoms with Gasteiger partial charge in [0, 0.05) is 11.6 Å². The molecular weight excluding hydrogens is 328 g/mol. The number of rotatable bonds is 6. The first-order chi connectivity index (χ1) is 11.5. The summed E-state index contributed by atoms with van der Waals surface area (Å²) in [7, 11) is 0. The lowest BCUT2D eigenvalue weighted by Crippen LogP contribution is -2.31. The van der Waals surface area contributed by atoms with Crippen LogP contribution in [0.2, 0.25) is 5.02 Å². The van der Waals surface area contributed by atoms with Gasteiger partial charge in [-0.1, -0.05) is 23.7 Å². The van der Waals surface area contributed by atoms with Crippen LogP contribution < -0.4 is 15.4 Å². The van der Waals surface area contributed by atoms with E-state index in [0.29, 0.717) is 28.6 Å². The zero-order valence-electron chi connectivity index (χ0n) is 13.5. The largest absolute Gasteiger partial charge is 0.481 e. The summed E-state index contributed by atoms with van der Waals surface area (Å²) < 4.78 is 5.58. The summed E-state index contributed by atoms with van der Waals surface area (Å²) in [5, 5.41) is 6.04. The Morgan fingerprint density at radius 1 is 1.12 bits per heavy atom. The maximum Gasteiger partial charge on any atom is 0.265 e. The Morgan fingerprint density at radius 2 is 1.79 bits per heavy atom. The lowest BCUT2D eigenvalue weighted by molar-refractivity contribution is -0.122. The van der Waals surface area contributed by atoms with E-state index in [1.165, 1.54) is 0 Å². The average molecular weight is 347 g/mol. The molecule has 0 radical (unpaired) electrons. The smallest absolute Gasteiger partial charge is 0.265 e. The van der Waals surface area contributed by atoms with Crippen molar-refractivity contribution in [3.8, 4) is 5.75 Å². The minimum Gasteiger partial charge on any atom is -0.481 e. The van der Waals surface area contributed by atoms with Gasteiger partial charge in [-0.3, -0.25) is 9.59 Å². The number of hydrogen-bond acceptors (Lipinski definition) is 3. The highest BCUT2D eigenvalue weighted by atomic mass is 35.5. The molecule has 1 atom stereocenters. The van der Waals surface area contributed by atoms with E-state index in [1.54, 1.807) is 55.5 Å². The molecule has 0 unspecified atom stereocenters. The van der Waals surface area contributed by atoms with Crippen molar-refractivity contribution in [3.63, 3.8) is 0 Å². The number of benzene rings is 2. The molecule has 0 heterocycles. The van der Waals surface area contributed by atoms with E-state index in [-0.39, 0.29) is 11.8 Å². The Labute approximate surface area is 146 Å². The van der Waals surface area contributed by atoms with Gasteiger partial charge in [0.25, 0.3) is 11.8 Å². The predicted molar refractivity (Wildman–Crippen MR) is 94.6 cm³/mol. The van der Waals surface area contributed by atoms with Crippen LogP contribution in [0.25, 0.3) is 0 Å². The highest BCUT2D eigenvalue weighted by Crippen LogP contribution is 2.19. The van der Waals surface area contributed by atoms with Crippen molar-refractivity contribution < 1.29 is 14.3 Å². The molecule has 2 N–H and O–H groups in total. The van der Waals surface area contributed by atoms with Crippen molar-refractivity contribution in [1.29, 1.82) is 0 Å². The topological polar surface area (TPSA) is 67.4 Å². The minimum atomic E-state index is -0.728. The van der Waals surface area contributed by atoms with Crippen molar-refractivity contribution in [1.82, 2.24) is 5.32 Å². The normalized spacial score (nSPS) is 11.5. The molecule has 0 saturated heterocycles. The Kier molecular flexibility index (Phi) is 6.21. The van der Waals surface area contributed by atoms with Gasteiger partial charge >= 0.3 is 0 Å². The summed E-state index contributed by atoms with van der Waals surface area (Å²) in [6.45, 7) is 3.98. The Balaban J connectivity index is 2.06. The van der Waals surface area contributed by atoms with Crippen molar-refractivity contribution >= 4 is 29.1 Å². The second kappa shape index (κ2) is 8.36. The van der Waals surface area contributed by atoms with E-state index in [9.17, 15) is 9.59 Å². The second-order valence-electron chi connectivity index (χ2n) is 5.11. The molecule has 0 aliphatic rings. The van der Waals surface area contributed by atoms with Crippen LogP contribution in [0.1, 0.15) is 24.2 Å². The van der Waals surface area contributed by atoms with E-state index in [4.69, 9.17) is 16.3 Å². The standard InChI is InChI=1S/C18H19ClN2O3/c1-3-20-18(23)15-6-4-5-7-16(15)21-17(22)12(2)24-14-10-8-13(19)9-11-14/h4-12H,3H2,1-2H3,(H,20,23)(H,21,22)/t12-/m0/s1. The molecule has 2 amide bonds. The SMILES string of the molecule is CCNC(=O)c1ccccc1NC(=O)[C@H](C)Oc1ccc(Cl)cc1. The molecule has 2 rings (SSSR count). The van der Waals surface area contributed by atoms with Crippen LogP contribution in [-0.2, 0) is 4.79 Å². The van der Waals surface area contributed by atoms with Crippen molar-refractivity contribution in [3.05, 3.63) is 59.1 Å². The van der Waals surface area contributed by atoms with Gasteiger partial charge in [-0.25, -0.2) is 0 Å². The molecule has 126 valence electrons. The van der Waals surface area contributed by atoms with Gasteiger partial charge < -0.3 is 15.4 Å². The molecule has 0 fully saturated rings. The van der Waals surface area contributed by atoms with E-state index < -0.39 is 6.10 Å². The molecule has 6 heteroatoms. The first-order valence-corrected chi connectivity index (χ1v) is 7.99. The fourth-order valence-corrected chi connectivity index (χ4v) is 2.18. The van der Waals surface area contributed by atoms with E-state index in [2.05, 4.69) is 10.6 Å². The van der Waals surface area contributed by atoms with Gasteiger partial charge in [-0.15, -0.1) is 0 Å². The van der Waals surface area contributed by atoms with Crippen molar-refractivity contribution in [2.75, 3.05) is 11.9 Å². The van der Waals surface area contributed by atoms with E-state index in [1.807, 2.05) is 6.92 Å². The van der Waals surface area contributed by atoms with Crippen LogP contribution in [0, 0.1) is 0 Å². The zero-order chi connectivity index (χ0) is 17.5. The molecule has 0 spiro atoms. The number of hydrogen-bond donors (Lipinski definition) is 2. The first-order valence-electron chi connectivity index (χ1n) is 7.61. The van der Waals surface area contributed by atoms with Crippen LogP contribution in [0.15, 0.2) is 48.5 Å². The molecule has 0 aliphatic carbocycles. The monoisotopic (exact) mass is 346 g/mol. The number of carbonyl (C=O) groups excluding carboxylic acids is 2. The highest BCUT2D eigenvalue weighted by molar-refractivity contribution is 6.30. The van der Waals surface area contributed by atoms with Crippen LogP contribution in [-0.4, -0.2) is 24.5 Å². The number of anilines is 1. The van der Waals surface area contributed by atoms with Gasteiger partial charge in [0.05, 0.1) is 11.3 Å². The Morgan fingerprint density at radius 3 is 2.46 bits per heavy atom. The van der Waals surface area contributed by atoms with Gasteiger partial charge in [0.2, 0.25) is 0 Å². The van der Waals surface area contributed by atoms with Gasteiger partial charge in [-0.2, -0.15) is 0 Å². The number of carbonyl (C=O) groups is 2. The van der Waals surface area contributed by atoms with E-state index >= 15 is 0 Å². The summed E-state index contributed by atoms with van der Waals surface area (Å²) in [6.07, 6.45) is -0.728. The number of amides is 2. The lowest BCUT2D eigenvalue weighted by atomic mass is 10.1. The molecule has 0 bridgehead atoms. The summed E-state index contributed by atoms with van der Waals surface area (Å²) >= 11 is 5.82. The lowest BCUT2D eigenvalue weighted by Gasteiger charge is -2.16. The third kappa shape index (κ3) is 4.73. The van der Waals surface area contributed by atoms with Crippen LogP contribution in [0.5, 0.6) is 5.75 Å². The summed E-state index contributed by atoms with van der Waals surface area (Å²) in [4.78, 5) is 24.4. The maximum atomic E-state index is 12.3. The second-order valence-corrected chi connectivity index (χ2v) is 5.54. The highest BCUT2D eigenvalue weighted by Gasteiger charge is 2.18. The number of ether oxygens (including phenoxy) is 1. The fourth-order valence-electron chi connectivity index (χ4n) is 2.05. The molecule has 24 heavy (non-hydrogen) atoms. The molecule has 0 aromatic heterocycles. The van der Waals surface area contributed by atoms with Gasteiger partial charge in [0.1, 0.15) is 5.75 Å². The van der Waals surface area contributed by atoms with Crippen molar-refractivity contribution in [2.24, 2.45) is 0 Å². The van der Waals surface area contributed by atoms with Gasteiger partial charge in [0.15, 0.2) is 6.10 Å². The molecule has 5 nitrogen and oxygen atoms in total. The van der Waals surface area contributed by atoms with E-state index in [0.717, 1.165) is 0 Å². The maximum absolute atomic E-state index is 12.3. The third-order valence-corrected chi connectivity index (χ3v) is 3.51. The quantitative estimate of drug-likeness (QED) is 0.841. The Bertz CT molecular complexity index is 716. The number of halogens is 1. The molecule has 0 saturated carbocycles. The predicted octanol–water partition coefficient (Wildman–Crippen LogP) is 3.50. The average Bonchev–Trinajstić information content (AvgIpc) is 2.57. The summed E-state index contributed by atoms with van der Waals surface area (Å²) in [5.74, 6) is -0.0413.